The van der Waals surface area contributed by atoms with Crippen LogP contribution in [-0.2, 0) is 5.79 Å². The average Bonchev–Trinajstić information content (AvgIpc) is 4.40. The van der Waals surface area contributed by atoms with Crippen molar-refractivity contribution in [1.82, 2.24) is 19.5 Å². The lowest BCUT2D eigenvalue weighted by Crippen LogP contribution is -2.32. The highest BCUT2D eigenvalue weighted by Gasteiger charge is 2.46. The van der Waals surface area contributed by atoms with Crippen LogP contribution in [0.25, 0.3) is 67.8 Å². The molecule has 0 saturated carbocycles. The van der Waals surface area contributed by atoms with E-state index in [4.69, 9.17) is 64.2 Å². The maximum absolute atomic E-state index is 7.31. The number of H-pyrrole nitrogens is 1. The Morgan fingerprint density at radius 3 is 1.36 bits per heavy atom. The summed E-state index contributed by atoms with van der Waals surface area (Å²) in [6.07, 6.45) is 0. The number of hydrogen-bond donors (Lipinski definition) is 1. The quantitative estimate of drug-likeness (QED) is 0.132. The number of ether oxygens (including phenoxy) is 2. The van der Waals surface area contributed by atoms with Gasteiger partial charge in [0, 0.05) is 50.1 Å². The fourth-order valence-corrected chi connectivity index (χ4v) is 10.4. The summed E-state index contributed by atoms with van der Waals surface area (Å²) in [6, 6.07) is 78.1. The van der Waals surface area contributed by atoms with Gasteiger partial charge in [-0.05, 0) is 61.0 Å². The first-order valence-corrected chi connectivity index (χ1v) is 26.1. The Hall–Kier alpha value is -8.79. The van der Waals surface area contributed by atoms with Gasteiger partial charge in [-0.2, -0.15) is 0 Å². The standard InChI is InChI=1S/C44H32Cl2N4O2.C22H17ClN2/c1-51-33-23-25-35(37(45)27-33)43-47-41(31-19-11-5-12-20-31)42(32-21-13-6-14-22-32)50(43)44(36-26-24-34(52-2)28-38(36)46)48-39(29-15-7-3-8-16-29)40(49-44)30-17-9-4-10-18-30;1-15-12-13-18(19(23)14-15)22-24-20(16-8-4-2-5-9-16)21(25-22)17-10-6-3-7-11-17/h3-28H,1-2H3;2-14H,1H3,(H,24,25). The Kier molecular flexibility index (Phi) is 14.5. The van der Waals surface area contributed by atoms with E-state index < -0.39 is 5.79 Å². The highest BCUT2D eigenvalue weighted by molar-refractivity contribution is 6.54. The van der Waals surface area contributed by atoms with Crippen LogP contribution < -0.4 is 9.47 Å². The number of aliphatic imine (C=N–C) groups is 2. The molecule has 11 heteroatoms. The summed E-state index contributed by atoms with van der Waals surface area (Å²) in [4.78, 5) is 25.2. The molecule has 0 radical (unpaired) electrons. The normalized spacial score (nSPS) is 12.5. The van der Waals surface area contributed by atoms with E-state index in [1.54, 1.807) is 26.4 Å². The molecule has 12 rings (SSSR count). The monoisotopic (exact) mass is 1060 g/mol. The van der Waals surface area contributed by atoms with E-state index in [1.807, 2.05) is 183 Å². The number of aromatic nitrogens is 4. The van der Waals surface area contributed by atoms with E-state index in [-0.39, 0.29) is 0 Å². The van der Waals surface area contributed by atoms with E-state index in [2.05, 4.69) is 58.1 Å². The number of aromatic amines is 1. The second-order valence-electron chi connectivity index (χ2n) is 18.2. The fraction of sp³-hybridized carbons (Fsp3) is 0.0606. The summed E-state index contributed by atoms with van der Waals surface area (Å²) in [5.74, 6) is 1.05. The number of methoxy groups -OCH3 is 2. The summed E-state index contributed by atoms with van der Waals surface area (Å²) in [5.41, 5.74) is 14.0. The van der Waals surface area contributed by atoms with Gasteiger partial charge in [-0.15, -0.1) is 0 Å². The van der Waals surface area contributed by atoms with Crippen molar-refractivity contribution in [2.45, 2.75) is 12.7 Å². The minimum absolute atomic E-state index is 0.425. The van der Waals surface area contributed by atoms with Crippen LogP contribution >= 0.6 is 34.8 Å². The van der Waals surface area contributed by atoms with Crippen LogP contribution in [0.3, 0.4) is 0 Å². The second kappa shape index (κ2) is 22.2. The molecule has 2 aromatic heterocycles. The Balaban J connectivity index is 0.000000210. The van der Waals surface area contributed by atoms with Gasteiger partial charge in [-0.25, -0.2) is 20.0 Å². The zero-order chi connectivity index (χ0) is 52.9. The lowest BCUT2D eigenvalue weighted by Gasteiger charge is -2.30. The molecule has 0 spiro atoms. The van der Waals surface area contributed by atoms with Gasteiger partial charge in [0.1, 0.15) is 23.1 Å². The first kappa shape index (κ1) is 50.4. The molecule has 1 aliphatic heterocycles. The topological polar surface area (TPSA) is 89.7 Å². The molecule has 0 atom stereocenters. The lowest BCUT2D eigenvalue weighted by molar-refractivity contribution is 0.402. The summed E-state index contributed by atoms with van der Waals surface area (Å²) in [7, 11) is 3.24. The molecule has 0 fully saturated rings. The van der Waals surface area contributed by atoms with Crippen LogP contribution in [0.4, 0.5) is 0 Å². The van der Waals surface area contributed by atoms with Gasteiger partial charge in [-0.3, -0.25) is 4.57 Å². The van der Waals surface area contributed by atoms with Crippen molar-refractivity contribution in [1.29, 1.82) is 0 Å². The molecule has 1 N–H and O–H groups in total. The van der Waals surface area contributed by atoms with Crippen LogP contribution in [0, 0.1) is 6.92 Å². The number of hydrogen-bond acceptors (Lipinski definition) is 6. The second-order valence-corrected chi connectivity index (χ2v) is 19.4. The van der Waals surface area contributed by atoms with Crippen molar-refractivity contribution in [3.05, 3.63) is 274 Å². The number of imidazole rings is 2. The van der Waals surface area contributed by atoms with Crippen molar-refractivity contribution in [2.75, 3.05) is 14.2 Å². The Bertz CT molecular complexity index is 3810. The Morgan fingerprint density at radius 1 is 0.429 bits per heavy atom. The van der Waals surface area contributed by atoms with E-state index in [1.165, 1.54) is 0 Å². The van der Waals surface area contributed by atoms with Gasteiger partial charge in [0.15, 0.2) is 0 Å². The van der Waals surface area contributed by atoms with Crippen LogP contribution in [0.15, 0.2) is 247 Å². The smallest absolute Gasteiger partial charge is 0.263 e. The highest BCUT2D eigenvalue weighted by atomic mass is 35.5. The summed E-state index contributed by atoms with van der Waals surface area (Å²) in [5, 5.41) is 1.58. The van der Waals surface area contributed by atoms with E-state index >= 15 is 0 Å². The molecule has 8 nitrogen and oxygen atoms in total. The van der Waals surface area contributed by atoms with Crippen molar-refractivity contribution >= 4 is 46.2 Å². The number of benzene rings is 9. The average molecular weight is 1060 g/mol. The number of aryl methyl sites for hydroxylation is 1. The van der Waals surface area contributed by atoms with Crippen molar-refractivity contribution in [3.63, 3.8) is 0 Å². The van der Waals surface area contributed by atoms with E-state index in [0.29, 0.717) is 54.9 Å². The minimum Gasteiger partial charge on any atom is -0.497 e. The van der Waals surface area contributed by atoms with Crippen LogP contribution in [0.5, 0.6) is 11.5 Å². The Morgan fingerprint density at radius 2 is 0.870 bits per heavy atom. The molecular formula is C66H49Cl3N6O2. The molecule has 11 aromatic rings. The van der Waals surface area contributed by atoms with Crippen LogP contribution in [0.2, 0.25) is 15.1 Å². The molecule has 1 aliphatic rings. The van der Waals surface area contributed by atoms with Crippen LogP contribution in [-0.4, -0.2) is 45.2 Å². The summed E-state index contributed by atoms with van der Waals surface area (Å²) in [6.45, 7) is 2.03. The largest absolute Gasteiger partial charge is 0.497 e. The molecule has 376 valence electrons. The van der Waals surface area contributed by atoms with Crippen LogP contribution in [0.1, 0.15) is 22.3 Å². The van der Waals surface area contributed by atoms with Gasteiger partial charge in [0.2, 0.25) is 0 Å². The van der Waals surface area contributed by atoms with Gasteiger partial charge >= 0.3 is 0 Å². The van der Waals surface area contributed by atoms with Gasteiger partial charge in [0.05, 0.1) is 63.5 Å². The molecular weight excluding hydrogens is 1020 g/mol. The number of halogens is 3. The summed E-state index contributed by atoms with van der Waals surface area (Å²) >= 11 is 20.9. The van der Waals surface area contributed by atoms with E-state index in [9.17, 15) is 0 Å². The Labute approximate surface area is 462 Å². The third kappa shape index (κ3) is 10.1. The molecule has 3 heterocycles. The molecule has 0 aliphatic carbocycles. The SMILES string of the molecule is COc1ccc(-c2nc(-c3ccccc3)c(-c3ccccc3)n2C2(c3ccc(OC)cc3Cl)N=C(c3ccccc3)C(c3ccccc3)=N2)c(Cl)c1.Cc1ccc(-c2nc(-c3ccccc3)c(-c3ccccc3)[nH]2)c(Cl)c1. The number of nitrogens with one attached hydrogen (secondary N) is 1. The molecule has 9 aromatic carbocycles. The summed E-state index contributed by atoms with van der Waals surface area (Å²) < 4.78 is 13.3. The van der Waals surface area contributed by atoms with E-state index in [0.717, 1.165) is 73.1 Å². The van der Waals surface area contributed by atoms with Gasteiger partial charge < -0.3 is 14.5 Å². The van der Waals surface area contributed by atoms with Gasteiger partial charge in [0.25, 0.3) is 5.79 Å². The molecule has 0 amide bonds. The fourth-order valence-electron chi connectivity index (χ4n) is 9.57. The predicted octanol–water partition coefficient (Wildman–Crippen LogP) is 17.2. The third-order valence-electron chi connectivity index (χ3n) is 13.3. The first-order chi connectivity index (χ1) is 37.7. The van der Waals surface area contributed by atoms with Crippen molar-refractivity contribution in [2.24, 2.45) is 9.98 Å². The zero-order valence-corrected chi connectivity index (χ0v) is 44.5. The van der Waals surface area contributed by atoms with Gasteiger partial charge in [-0.1, -0.05) is 223 Å². The molecule has 0 bridgehead atoms. The number of nitrogens with zero attached hydrogens (tertiary/aromatic N) is 5. The lowest BCUT2D eigenvalue weighted by atomic mass is 10.0. The zero-order valence-electron chi connectivity index (χ0n) is 42.2. The van der Waals surface area contributed by atoms with Crippen molar-refractivity contribution in [3.8, 4) is 79.3 Å². The third-order valence-corrected chi connectivity index (χ3v) is 14.2. The maximum atomic E-state index is 7.31. The minimum atomic E-state index is -1.51. The maximum Gasteiger partial charge on any atom is 0.263 e. The molecule has 77 heavy (non-hydrogen) atoms. The number of rotatable bonds is 12. The van der Waals surface area contributed by atoms with Crippen molar-refractivity contribution < 1.29 is 9.47 Å². The first-order valence-electron chi connectivity index (χ1n) is 24.9. The molecule has 0 saturated heterocycles. The highest BCUT2D eigenvalue weighted by Crippen LogP contribution is 2.49. The predicted molar refractivity (Wildman–Crippen MR) is 316 cm³/mol. The molecule has 0 unspecified atom stereocenters.